The minimum atomic E-state index is -0.0658. The normalized spacial score (nSPS) is 15.1. The van der Waals surface area contributed by atoms with Crippen molar-refractivity contribution in [1.29, 1.82) is 0 Å². The predicted octanol–water partition coefficient (Wildman–Crippen LogP) is 2.14. The highest BCUT2D eigenvalue weighted by Gasteiger charge is 2.21. The van der Waals surface area contributed by atoms with Gasteiger partial charge in [-0.3, -0.25) is 4.79 Å². The molecule has 0 atom stereocenters. The van der Waals surface area contributed by atoms with E-state index in [1.807, 2.05) is 24.3 Å². The van der Waals surface area contributed by atoms with Crippen LogP contribution in [0.5, 0.6) is 5.75 Å². The Balaban J connectivity index is 1.87. The lowest BCUT2D eigenvalue weighted by Gasteiger charge is -2.34. The predicted molar refractivity (Wildman–Crippen MR) is 122 cm³/mol. The monoisotopic (exact) mass is 434 g/mol. The molecule has 2 rings (SSSR count). The number of aliphatic imine (C=N–C) groups is 1. The van der Waals surface area contributed by atoms with Crippen LogP contribution in [-0.4, -0.2) is 88.4 Å². The second-order valence-electron chi connectivity index (χ2n) is 7.80. The van der Waals surface area contributed by atoms with E-state index in [4.69, 9.17) is 19.2 Å². The Morgan fingerprint density at radius 1 is 1.26 bits per heavy atom. The van der Waals surface area contributed by atoms with Gasteiger partial charge in [0.15, 0.2) is 12.6 Å². The molecule has 1 aliphatic rings. The Bertz CT molecular complexity index is 688. The van der Waals surface area contributed by atoms with Gasteiger partial charge in [-0.05, 0) is 43.9 Å². The van der Waals surface area contributed by atoms with E-state index in [0.717, 1.165) is 63.6 Å². The zero-order chi connectivity index (χ0) is 22.5. The molecule has 0 bridgehead atoms. The Hall–Kier alpha value is -2.32. The number of likely N-dealkylation sites (tertiary alicyclic amines) is 1. The summed E-state index contributed by atoms with van der Waals surface area (Å²) >= 11 is 0. The number of amides is 1. The summed E-state index contributed by atoms with van der Waals surface area (Å²) in [7, 11) is 5.15. The van der Waals surface area contributed by atoms with E-state index in [9.17, 15) is 4.79 Å². The highest BCUT2D eigenvalue weighted by molar-refractivity contribution is 5.80. The number of ether oxygens (including phenoxy) is 3. The molecule has 1 aliphatic heterocycles. The number of likely N-dealkylation sites (N-methyl/N-ethyl adjacent to an activating group) is 1. The van der Waals surface area contributed by atoms with Crippen LogP contribution in [-0.2, 0) is 20.8 Å². The van der Waals surface area contributed by atoms with Gasteiger partial charge in [0.05, 0.1) is 12.6 Å². The van der Waals surface area contributed by atoms with Gasteiger partial charge in [-0.15, -0.1) is 0 Å². The Kier molecular flexibility index (Phi) is 11.2. The summed E-state index contributed by atoms with van der Waals surface area (Å²) in [5.74, 6) is 1.54. The first-order valence-corrected chi connectivity index (χ1v) is 11.1. The van der Waals surface area contributed by atoms with Crippen molar-refractivity contribution in [3.05, 3.63) is 29.8 Å². The van der Waals surface area contributed by atoms with Crippen molar-refractivity contribution in [2.45, 2.75) is 38.8 Å². The summed E-state index contributed by atoms with van der Waals surface area (Å²) in [5, 5.41) is 3.40. The Morgan fingerprint density at radius 2 is 2.03 bits per heavy atom. The number of hydrogen-bond acceptors (Lipinski definition) is 5. The van der Waals surface area contributed by atoms with E-state index < -0.39 is 0 Å². The highest BCUT2D eigenvalue weighted by Crippen LogP contribution is 2.16. The first-order chi connectivity index (χ1) is 15.0. The molecule has 1 aromatic rings. The maximum atomic E-state index is 11.7. The smallest absolute Gasteiger partial charge is 0.259 e. The van der Waals surface area contributed by atoms with Gasteiger partial charge in [-0.2, -0.15) is 0 Å². The van der Waals surface area contributed by atoms with E-state index in [-0.39, 0.29) is 12.5 Å². The van der Waals surface area contributed by atoms with E-state index in [1.54, 1.807) is 21.2 Å². The molecule has 0 saturated carbocycles. The number of nitrogens with zero attached hydrogens (tertiary/aromatic N) is 3. The first kappa shape index (κ1) is 24.9. The molecule has 0 aliphatic carbocycles. The van der Waals surface area contributed by atoms with Crippen LogP contribution in [0.4, 0.5) is 0 Å². The number of hydrogen-bond donors (Lipinski definition) is 1. The summed E-state index contributed by atoms with van der Waals surface area (Å²) in [5.41, 5.74) is 1.04. The molecule has 8 nitrogen and oxygen atoms in total. The molecule has 8 heteroatoms. The molecule has 1 saturated heterocycles. The van der Waals surface area contributed by atoms with Gasteiger partial charge in [0.2, 0.25) is 0 Å². The number of methoxy groups -OCH3 is 1. The van der Waals surface area contributed by atoms with Crippen LogP contribution in [0.25, 0.3) is 0 Å². The zero-order valence-corrected chi connectivity index (χ0v) is 19.4. The maximum absolute atomic E-state index is 11.7. The SMILES string of the molecule is CCNC(=NCc1cccc(OCC(=O)N(C)C)c1)N1CCC(OCCCOC)CC1. The van der Waals surface area contributed by atoms with Crippen molar-refractivity contribution in [3.8, 4) is 5.75 Å². The second kappa shape index (κ2) is 13.9. The zero-order valence-electron chi connectivity index (χ0n) is 19.4. The lowest BCUT2D eigenvalue weighted by molar-refractivity contribution is -0.130. The molecule has 0 spiro atoms. The van der Waals surface area contributed by atoms with Gasteiger partial charge >= 0.3 is 0 Å². The molecular weight excluding hydrogens is 396 g/mol. The number of benzene rings is 1. The molecule has 0 aromatic heterocycles. The quantitative estimate of drug-likeness (QED) is 0.327. The average Bonchev–Trinajstić information content (AvgIpc) is 2.78. The number of carbonyl (C=O) groups is 1. The topological polar surface area (TPSA) is 75.6 Å². The minimum absolute atomic E-state index is 0.0326. The summed E-state index contributed by atoms with van der Waals surface area (Å²) in [6, 6.07) is 7.75. The van der Waals surface area contributed by atoms with Crippen LogP contribution >= 0.6 is 0 Å². The highest BCUT2D eigenvalue weighted by atomic mass is 16.5. The van der Waals surface area contributed by atoms with Crippen LogP contribution in [0.15, 0.2) is 29.3 Å². The maximum Gasteiger partial charge on any atom is 0.259 e. The number of piperidine rings is 1. The van der Waals surface area contributed by atoms with Crippen LogP contribution in [0.2, 0.25) is 0 Å². The van der Waals surface area contributed by atoms with Crippen LogP contribution in [0.3, 0.4) is 0 Å². The van der Waals surface area contributed by atoms with E-state index in [1.165, 1.54) is 4.90 Å². The van der Waals surface area contributed by atoms with Crippen LogP contribution < -0.4 is 10.1 Å². The van der Waals surface area contributed by atoms with Gasteiger partial charge in [-0.1, -0.05) is 12.1 Å². The van der Waals surface area contributed by atoms with E-state index in [2.05, 4.69) is 17.1 Å². The number of carbonyl (C=O) groups excluding carboxylic acids is 1. The van der Waals surface area contributed by atoms with E-state index in [0.29, 0.717) is 18.4 Å². The number of guanidine groups is 1. The third-order valence-electron chi connectivity index (χ3n) is 5.09. The van der Waals surface area contributed by atoms with Crippen molar-refractivity contribution in [3.63, 3.8) is 0 Å². The second-order valence-corrected chi connectivity index (χ2v) is 7.80. The lowest BCUT2D eigenvalue weighted by Crippen LogP contribution is -2.47. The van der Waals surface area contributed by atoms with Crippen molar-refractivity contribution >= 4 is 11.9 Å². The van der Waals surface area contributed by atoms with Gasteiger partial charge in [0.1, 0.15) is 5.75 Å². The molecule has 0 unspecified atom stereocenters. The molecule has 1 fully saturated rings. The molecule has 1 aromatic carbocycles. The van der Waals surface area contributed by atoms with Crippen molar-refractivity contribution in [1.82, 2.24) is 15.1 Å². The van der Waals surface area contributed by atoms with Crippen LogP contribution in [0.1, 0.15) is 31.7 Å². The molecule has 1 amide bonds. The fourth-order valence-electron chi connectivity index (χ4n) is 3.29. The Morgan fingerprint density at radius 3 is 2.71 bits per heavy atom. The van der Waals surface area contributed by atoms with Crippen molar-refractivity contribution < 1.29 is 19.0 Å². The van der Waals surface area contributed by atoms with Crippen molar-refractivity contribution in [2.24, 2.45) is 4.99 Å². The summed E-state index contributed by atoms with van der Waals surface area (Å²) in [6.07, 6.45) is 3.25. The molecule has 174 valence electrons. The Labute approximate surface area is 186 Å². The molecular formula is C23H38N4O4. The molecule has 1 heterocycles. The van der Waals surface area contributed by atoms with Gasteiger partial charge in [0, 0.05) is 54.1 Å². The number of nitrogens with one attached hydrogen (secondary N) is 1. The van der Waals surface area contributed by atoms with Crippen molar-refractivity contribution in [2.75, 3.05) is 60.7 Å². The molecule has 0 radical (unpaired) electrons. The fraction of sp³-hybridized carbons (Fsp3) is 0.652. The third kappa shape index (κ3) is 9.14. The fourth-order valence-corrected chi connectivity index (χ4v) is 3.29. The molecule has 31 heavy (non-hydrogen) atoms. The average molecular weight is 435 g/mol. The summed E-state index contributed by atoms with van der Waals surface area (Å²) in [6.45, 7) is 6.84. The standard InChI is InChI=1S/C23H38N4O4/c1-5-24-23(27-12-10-20(11-13-27)30-15-7-14-29-4)25-17-19-8-6-9-21(16-19)31-18-22(28)26(2)3/h6,8-9,16,20H,5,7,10-15,17-18H2,1-4H3,(H,24,25). The molecule has 1 N–H and O–H groups in total. The minimum Gasteiger partial charge on any atom is -0.484 e. The number of rotatable bonds is 11. The van der Waals surface area contributed by atoms with Gasteiger partial charge < -0.3 is 29.3 Å². The van der Waals surface area contributed by atoms with E-state index >= 15 is 0 Å². The third-order valence-corrected chi connectivity index (χ3v) is 5.09. The van der Waals surface area contributed by atoms with Gasteiger partial charge in [0.25, 0.3) is 5.91 Å². The lowest BCUT2D eigenvalue weighted by atomic mass is 10.1. The largest absolute Gasteiger partial charge is 0.484 e. The first-order valence-electron chi connectivity index (χ1n) is 11.1. The summed E-state index contributed by atoms with van der Waals surface area (Å²) in [4.78, 5) is 20.4. The van der Waals surface area contributed by atoms with Crippen LogP contribution in [0, 0.1) is 0 Å². The summed E-state index contributed by atoms with van der Waals surface area (Å²) < 4.78 is 16.6. The van der Waals surface area contributed by atoms with Gasteiger partial charge in [-0.25, -0.2) is 4.99 Å².